The van der Waals surface area contributed by atoms with Crippen molar-refractivity contribution in [1.82, 2.24) is 0 Å². The molecule has 2 nitrogen and oxygen atoms in total. The zero-order chi connectivity index (χ0) is 9.68. The van der Waals surface area contributed by atoms with Crippen LogP contribution in [0.15, 0.2) is 0 Å². The van der Waals surface area contributed by atoms with E-state index in [1.165, 1.54) is 32.1 Å². The van der Waals surface area contributed by atoms with Crippen LogP contribution >= 0.6 is 8.03 Å². The molecule has 0 aromatic carbocycles. The number of rotatable bonds is 4. The van der Waals surface area contributed by atoms with E-state index < -0.39 is 8.03 Å². The summed E-state index contributed by atoms with van der Waals surface area (Å²) in [6.45, 7) is 2.22. The fourth-order valence-corrected chi connectivity index (χ4v) is 3.02. The van der Waals surface area contributed by atoms with Crippen molar-refractivity contribution in [2.45, 2.75) is 57.5 Å². The fourth-order valence-electron chi connectivity index (χ4n) is 2.19. The highest BCUT2D eigenvalue weighted by molar-refractivity contribution is 7.38. The van der Waals surface area contributed by atoms with Gasteiger partial charge in [0.25, 0.3) is 0 Å². The second-order valence-corrected chi connectivity index (χ2v) is 5.69. The van der Waals surface area contributed by atoms with E-state index in [4.69, 9.17) is 4.89 Å². The molecule has 1 saturated carbocycles. The third-order valence-electron chi connectivity index (χ3n) is 3.16. The normalized spacial score (nSPS) is 31.5. The van der Waals surface area contributed by atoms with E-state index in [1.54, 1.807) is 0 Å². The highest BCUT2D eigenvalue weighted by atomic mass is 31.1. The third kappa shape index (κ3) is 3.83. The van der Waals surface area contributed by atoms with Crippen LogP contribution in [0.1, 0.15) is 51.9 Å². The largest absolute Gasteiger partial charge is 0.346 e. The monoisotopic (exact) mass is 204 g/mol. The summed E-state index contributed by atoms with van der Waals surface area (Å²) < 4.78 is 10.9. The number of unbranched alkanes of at least 4 members (excludes halogenated alkanes) is 1. The molecular formula is C10H21O2P. The Balaban J connectivity index is 2.18. The van der Waals surface area contributed by atoms with Crippen molar-refractivity contribution in [3.8, 4) is 0 Å². The standard InChI is InChI=1S/C10H21O2P/c1-2-3-4-9-5-7-10(8-6-9)13(11)12/h9-10,13H,2-8H2,1H3,(H,11,12). The molecule has 78 valence electrons. The lowest BCUT2D eigenvalue weighted by molar-refractivity contribution is 0.325. The summed E-state index contributed by atoms with van der Waals surface area (Å²) in [6.07, 6.45) is 8.27. The van der Waals surface area contributed by atoms with Crippen molar-refractivity contribution in [3.63, 3.8) is 0 Å². The van der Waals surface area contributed by atoms with E-state index in [0.717, 1.165) is 18.8 Å². The third-order valence-corrected chi connectivity index (χ3v) is 4.44. The maximum absolute atomic E-state index is 10.9. The van der Waals surface area contributed by atoms with E-state index in [2.05, 4.69) is 6.92 Å². The van der Waals surface area contributed by atoms with Gasteiger partial charge < -0.3 is 4.89 Å². The minimum Gasteiger partial charge on any atom is -0.346 e. The minimum absolute atomic E-state index is 0.142. The average Bonchev–Trinajstić information content (AvgIpc) is 2.15. The van der Waals surface area contributed by atoms with Crippen LogP contribution in [0.3, 0.4) is 0 Å². The van der Waals surface area contributed by atoms with Crippen LogP contribution in [-0.4, -0.2) is 10.6 Å². The van der Waals surface area contributed by atoms with Crippen LogP contribution in [0.4, 0.5) is 0 Å². The van der Waals surface area contributed by atoms with E-state index >= 15 is 0 Å². The lowest BCUT2D eigenvalue weighted by Crippen LogP contribution is -2.15. The first kappa shape index (κ1) is 11.3. The summed E-state index contributed by atoms with van der Waals surface area (Å²) in [5.41, 5.74) is 0.142. The Morgan fingerprint density at radius 3 is 2.38 bits per heavy atom. The lowest BCUT2D eigenvalue weighted by atomic mass is 9.85. The molecule has 1 atom stereocenters. The number of hydrogen-bond acceptors (Lipinski definition) is 1. The van der Waals surface area contributed by atoms with Crippen LogP contribution in [-0.2, 0) is 4.57 Å². The Kier molecular flexibility index (Phi) is 5.05. The van der Waals surface area contributed by atoms with Crippen molar-refractivity contribution in [1.29, 1.82) is 0 Å². The van der Waals surface area contributed by atoms with Gasteiger partial charge in [-0.15, -0.1) is 0 Å². The fraction of sp³-hybridized carbons (Fsp3) is 1.00. The summed E-state index contributed by atoms with van der Waals surface area (Å²) in [4.78, 5) is 8.99. The molecule has 0 heterocycles. The molecule has 0 aliphatic heterocycles. The number of hydrogen-bond donors (Lipinski definition) is 1. The van der Waals surface area contributed by atoms with Gasteiger partial charge in [0, 0.05) is 5.66 Å². The van der Waals surface area contributed by atoms with Gasteiger partial charge in [-0.2, -0.15) is 0 Å². The van der Waals surface area contributed by atoms with Gasteiger partial charge in [-0.25, -0.2) is 0 Å². The predicted octanol–water partition coefficient (Wildman–Crippen LogP) is 3.20. The van der Waals surface area contributed by atoms with Gasteiger partial charge in [-0.05, 0) is 31.6 Å². The van der Waals surface area contributed by atoms with Crippen molar-refractivity contribution in [3.05, 3.63) is 0 Å². The molecule has 0 saturated heterocycles. The van der Waals surface area contributed by atoms with Gasteiger partial charge in [0.1, 0.15) is 0 Å². The maximum atomic E-state index is 10.9. The molecule has 13 heavy (non-hydrogen) atoms. The summed E-state index contributed by atoms with van der Waals surface area (Å²) in [7, 11) is -2.23. The van der Waals surface area contributed by atoms with E-state index in [9.17, 15) is 4.57 Å². The minimum atomic E-state index is -2.23. The first-order chi connectivity index (χ1) is 6.24. The molecule has 0 spiro atoms. The summed E-state index contributed by atoms with van der Waals surface area (Å²) in [5, 5.41) is 0. The Morgan fingerprint density at radius 1 is 1.31 bits per heavy atom. The highest BCUT2D eigenvalue weighted by Crippen LogP contribution is 2.38. The van der Waals surface area contributed by atoms with Gasteiger partial charge in [-0.1, -0.05) is 26.2 Å². The molecule has 0 bridgehead atoms. The van der Waals surface area contributed by atoms with E-state index in [-0.39, 0.29) is 5.66 Å². The molecule has 1 N–H and O–H groups in total. The maximum Gasteiger partial charge on any atom is 0.192 e. The SMILES string of the molecule is CCCCC1CCC([PH](=O)O)CC1. The molecule has 0 amide bonds. The second-order valence-electron chi connectivity index (χ2n) is 4.20. The molecule has 1 aliphatic rings. The van der Waals surface area contributed by atoms with Crippen molar-refractivity contribution in [2.75, 3.05) is 0 Å². The zero-order valence-electron chi connectivity index (χ0n) is 8.46. The van der Waals surface area contributed by atoms with E-state index in [0.29, 0.717) is 0 Å². The molecule has 1 fully saturated rings. The van der Waals surface area contributed by atoms with Gasteiger partial charge in [-0.3, -0.25) is 4.57 Å². The van der Waals surface area contributed by atoms with Crippen LogP contribution in [0, 0.1) is 5.92 Å². The van der Waals surface area contributed by atoms with Crippen molar-refractivity contribution < 1.29 is 9.46 Å². The Labute approximate surface area is 81.6 Å². The van der Waals surface area contributed by atoms with Crippen LogP contribution in [0.25, 0.3) is 0 Å². The van der Waals surface area contributed by atoms with Crippen molar-refractivity contribution >= 4 is 8.03 Å². The van der Waals surface area contributed by atoms with Gasteiger partial charge in [0.15, 0.2) is 8.03 Å². The molecule has 0 aromatic rings. The molecule has 0 aromatic heterocycles. The molecule has 1 rings (SSSR count). The first-order valence-electron chi connectivity index (χ1n) is 5.46. The Bertz CT molecular complexity index is 162. The zero-order valence-corrected chi connectivity index (χ0v) is 9.46. The molecular weight excluding hydrogens is 183 g/mol. The Morgan fingerprint density at radius 2 is 1.92 bits per heavy atom. The molecule has 1 unspecified atom stereocenters. The molecule has 3 heteroatoms. The van der Waals surface area contributed by atoms with Crippen LogP contribution in [0.2, 0.25) is 0 Å². The topological polar surface area (TPSA) is 37.3 Å². The molecule has 0 radical (unpaired) electrons. The van der Waals surface area contributed by atoms with Gasteiger partial charge >= 0.3 is 0 Å². The summed E-state index contributed by atoms with van der Waals surface area (Å²) in [5.74, 6) is 0.845. The van der Waals surface area contributed by atoms with Gasteiger partial charge in [0.2, 0.25) is 0 Å². The van der Waals surface area contributed by atoms with Crippen molar-refractivity contribution in [2.24, 2.45) is 5.92 Å². The molecule has 1 aliphatic carbocycles. The van der Waals surface area contributed by atoms with Gasteiger partial charge in [0.05, 0.1) is 0 Å². The van der Waals surface area contributed by atoms with Crippen LogP contribution in [0.5, 0.6) is 0 Å². The first-order valence-corrected chi connectivity index (χ1v) is 6.90. The Hall–Kier alpha value is 0.190. The smallest absolute Gasteiger partial charge is 0.192 e. The van der Waals surface area contributed by atoms with E-state index in [1.807, 2.05) is 0 Å². The quantitative estimate of drug-likeness (QED) is 0.714. The highest BCUT2D eigenvalue weighted by Gasteiger charge is 2.23. The summed E-state index contributed by atoms with van der Waals surface area (Å²) >= 11 is 0. The lowest BCUT2D eigenvalue weighted by Gasteiger charge is -2.26. The second kappa shape index (κ2) is 5.82. The predicted molar refractivity (Wildman–Crippen MR) is 56.5 cm³/mol. The average molecular weight is 204 g/mol. The summed E-state index contributed by atoms with van der Waals surface area (Å²) in [6, 6.07) is 0. The van der Waals surface area contributed by atoms with Crippen LogP contribution < -0.4 is 0 Å².